The fraction of sp³-hybridized carbons (Fsp3) is 0.429. The van der Waals surface area contributed by atoms with E-state index in [1.54, 1.807) is 18.4 Å². The van der Waals surface area contributed by atoms with Crippen LogP contribution in [0, 0.1) is 0 Å². The van der Waals surface area contributed by atoms with Gasteiger partial charge in [-0.25, -0.2) is 4.68 Å². The number of hydrogen-bond acceptors (Lipinski definition) is 8. The van der Waals surface area contributed by atoms with Gasteiger partial charge in [0.1, 0.15) is 6.61 Å². The largest absolute Gasteiger partial charge is 0.493 e. The van der Waals surface area contributed by atoms with Crippen molar-refractivity contribution in [1.29, 1.82) is 0 Å². The smallest absolute Gasteiger partial charge is 0.233 e. The van der Waals surface area contributed by atoms with Gasteiger partial charge in [0.2, 0.25) is 11.1 Å². The van der Waals surface area contributed by atoms with E-state index in [4.69, 9.17) is 9.47 Å². The van der Waals surface area contributed by atoms with Gasteiger partial charge in [-0.1, -0.05) is 23.9 Å². The summed E-state index contributed by atoms with van der Waals surface area (Å²) in [4.78, 5) is 15.8. The van der Waals surface area contributed by atoms with Crippen LogP contribution >= 0.6 is 23.1 Å². The highest BCUT2D eigenvalue weighted by Gasteiger charge is 2.28. The van der Waals surface area contributed by atoms with E-state index in [9.17, 15) is 4.79 Å². The van der Waals surface area contributed by atoms with Crippen LogP contribution in [0.1, 0.15) is 36.2 Å². The minimum absolute atomic E-state index is 0.0508. The summed E-state index contributed by atoms with van der Waals surface area (Å²) in [6.07, 6.45) is 2.20. The van der Waals surface area contributed by atoms with Gasteiger partial charge < -0.3 is 14.4 Å². The highest BCUT2D eigenvalue weighted by atomic mass is 32.2. The maximum absolute atomic E-state index is 12.8. The molecule has 0 saturated heterocycles. The second-order valence-electron chi connectivity index (χ2n) is 7.19. The van der Waals surface area contributed by atoms with Crippen LogP contribution in [0.3, 0.4) is 0 Å². The fourth-order valence-corrected chi connectivity index (χ4v) is 4.58. The lowest BCUT2D eigenvalue weighted by Gasteiger charge is -2.21. The maximum Gasteiger partial charge on any atom is 0.233 e. The quantitative estimate of drug-likeness (QED) is 0.403. The number of rotatable bonds is 11. The molecule has 1 amide bonds. The number of thioether (sulfide) groups is 1. The molecule has 2 heterocycles. The molecule has 0 atom stereocenters. The molecule has 1 saturated carbocycles. The highest BCUT2D eigenvalue weighted by molar-refractivity contribution is 7.99. The van der Waals surface area contributed by atoms with E-state index < -0.39 is 0 Å². The van der Waals surface area contributed by atoms with E-state index in [1.807, 2.05) is 52.2 Å². The van der Waals surface area contributed by atoms with Gasteiger partial charge >= 0.3 is 0 Å². The molecule has 8 nitrogen and oxygen atoms in total. The lowest BCUT2D eigenvalue weighted by Crippen LogP contribution is -2.31. The Bertz CT molecular complexity index is 1000. The first-order valence-corrected chi connectivity index (χ1v) is 12.0. The van der Waals surface area contributed by atoms with Crippen LogP contribution in [0.15, 0.2) is 40.9 Å². The van der Waals surface area contributed by atoms with Crippen LogP contribution in [0.4, 0.5) is 0 Å². The molecule has 1 aliphatic carbocycles. The molecule has 0 spiro atoms. The van der Waals surface area contributed by atoms with Crippen molar-refractivity contribution >= 4 is 29.0 Å². The predicted octanol–water partition coefficient (Wildman–Crippen LogP) is 3.80. The number of tetrazole rings is 1. The Balaban J connectivity index is 1.35. The van der Waals surface area contributed by atoms with E-state index in [-0.39, 0.29) is 5.91 Å². The number of carbonyl (C=O) groups is 1. The second kappa shape index (κ2) is 10.1. The molecular weight excluding hydrogens is 434 g/mol. The zero-order valence-electron chi connectivity index (χ0n) is 17.6. The Morgan fingerprint density at radius 2 is 2.19 bits per heavy atom. The number of ether oxygens (including phenoxy) is 2. The third-order valence-corrected chi connectivity index (χ3v) is 6.73. The topological polar surface area (TPSA) is 82.4 Å². The van der Waals surface area contributed by atoms with E-state index in [2.05, 4.69) is 15.5 Å². The lowest BCUT2D eigenvalue weighted by atomic mass is 10.2. The standard InChI is InChI=1S/C21H25N5O3S2/c1-3-25(20(27)14-31-21-22-23-24-26(21)16-7-8-16)12-15-6-9-18(19(11-15)28-2)29-13-17-5-4-10-30-17/h4-6,9-11,16H,3,7-8,12-14H2,1-2H3. The number of methoxy groups -OCH3 is 1. The van der Waals surface area contributed by atoms with Crippen LogP contribution in [0.25, 0.3) is 0 Å². The van der Waals surface area contributed by atoms with Crippen molar-refractivity contribution in [3.63, 3.8) is 0 Å². The van der Waals surface area contributed by atoms with Gasteiger partial charge in [0.05, 0.1) is 18.9 Å². The van der Waals surface area contributed by atoms with E-state index >= 15 is 0 Å². The van der Waals surface area contributed by atoms with Crippen LogP contribution < -0.4 is 9.47 Å². The molecule has 0 bridgehead atoms. The predicted molar refractivity (Wildman–Crippen MR) is 120 cm³/mol. The molecular formula is C21H25N5O3S2. The van der Waals surface area contributed by atoms with Gasteiger partial charge in [0, 0.05) is 18.0 Å². The van der Waals surface area contributed by atoms with Gasteiger partial charge in [0.25, 0.3) is 0 Å². The monoisotopic (exact) mass is 459 g/mol. The van der Waals surface area contributed by atoms with Crippen LogP contribution in [0.5, 0.6) is 11.5 Å². The molecule has 1 fully saturated rings. The first kappa shape index (κ1) is 21.6. The van der Waals surface area contributed by atoms with Crippen molar-refractivity contribution in [3.8, 4) is 11.5 Å². The Kier molecular flexibility index (Phi) is 7.08. The second-order valence-corrected chi connectivity index (χ2v) is 9.16. The molecule has 4 rings (SSSR count). The van der Waals surface area contributed by atoms with Crippen molar-refractivity contribution in [2.75, 3.05) is 19.4 Å². The van der Waals surface area contributed by atoms with Crippen molar-refractivity contribution in [3.05, 3.63) is 46.2 Å². The summed E-state index contributed by atoms with van der Waals surface area (Å²) >= 11 is 3.05. The van der Waals surface area contributed by atoms with Crippen molar-refractivity contribution < 1.29 is 14.3 Å². The summed E-state index contributed by atoms with van der Waals surface area (Å²) in [5, 5.41) is 14.6. The van der Waals surface area contributed by atoms with Gasteiger partial charge in [0.15, 0.2) is 11.5 Å². The normalized spacial score (nSPS) is 13.2. The summed E-state index contributed by atoms with van der Waals surface area (Å²) in [6, 6.07) is 10.2. The van der Waals surface area contributed by atoms with Gasteiger partial charge in [-0.3, -0.25) is 4.79 Å². The molecule has 3 aromatic rings. The number of aromatic nitrogens is 4. The summed E-state index contributed by atoms with van der Waals surface area (Å²) in [5.74, 6) is 1.71. The molecule has 31 heavy (non-hydrogen) atoms. The number of benzene rings is 1. The zero-order valence-corrected chi connectivity index (χ0v) is 19.2. The van der Waals surface area contributed by atoms with Crippen molar-refractivity contribution in [2.24, 2.45) is 0 Å². The van der Waals surface area contributed by atoms with Crippen LogP contribution in [-0.4, -0.2) is 50.4 Å². The summed E-state index contributed by atoms with van der Waals surface area (Å²) in [7, 11) is 1.63. The third-order valence-electron chi connectivity index (χ3n) is 4.97. The first-order valence-electron chi connectivity index (χ1n) is 10.2. The Morgan fingerprint density at radius 3 is 2.90 bits per heavy atom. The lowest BCUT2D eigenvalue weighted by molar-refractivity contribution is -0.128. The first-order chi connectivity index (χ1) is 15.2. The van der Waals surface area contributed by atoms with E-state index in [0.717, 1.165) is 23.3 Å². The Hall–Kier alpha value is -2.59. The summed E-state index contributed by atoms with van der Waals surface area (Å²) in [5.41, 5.74) is 0.989. The van der Waals surface area contributed by atoms with Gasteiger partial charge in [-0.15, -0.1) is 16.4 Å². The van der Waals surface area contributed by atoms with E-state index in [0.29, 0.717) is 48.1 Å². The Morgan fingerprint density at radius 1 is 1.32 bits per heavy atom. The van der Waals surface area contributed by atoms with Crippen LogP contribution in [-0.2, 0) is 17.9 Å². The Labute approximate surface area is 189 Å². The number of carbonyl (C=O) groups excluding carboxylic acids is 1. The highest BCUT2D eigenvalue weighted by Crippen LogP contribution is 2.36. The van der Waals surface area contributed by atoms with E-state index in [1.165, 1.54) is 11.8 Å². The van der Waals surface area contributed by atoms with Crippen LogP contribution in [0.2, 0.25) is 0 Å². The van der Waals surface area contributed by atoms with Gasteiger partial charge in [-0.2, -0.15) is 0 Å². The van der Waals surface area contributed by atoms with Crippen molar-refractivity contribution in [1.82, 2.24) is 25.1 Å². The zero-order chi connectivity index (χ0) is 21.6. The number of amides is 1. The SMILES string of the molecule is CCN(Cc1ccc(OCc2cccs2)c(OC)c1)C(=O)CSc1nnnn1C1CC1. The molecule has 0 radical (unpaired) electrons. The molecule has 0 aliphatic heterocycles. The minimum atomic E-state index is 0.0508. The molecule has 0 N–H and O–H groups in total. The number of nitrogens with zero attached hydrogens (tertiary/aromatic N) is 5. The molecule has 164 valence electrons. The molecule has 10 heteroatoms. The number of thiophene rings is 1. The molecule has 1 aliphatic rings. The summed E-state index contributed by atoms with van der Waals surface area (Å²) < 4.78 is 13.2. The van der Waals surface area contributed by atoms with Gasteiger partial charge in [-0.05, 0) is 59.3 Å². The molecule has 1 aromatic carbocycles. The maximum atomic E-state index is 12.8. The van der Waals surface area contributed by atoms with Crippen molar-refractivity contribution in [2.45, 2.75) is 44.1 Å². The third kappa shape index (κ3) is 5.56. The summed E-state index contributed by atoms with van der Waals surface area (Å²) in [6.45, 7) is 3.61. The fourth-order valence-electron chi connectivity index (χ4n) is 3.12. The average molecular weight is 460 g/mol. The molecule has 0 unspecified atom stereocenters. The average Bonchev–Trinajstić information content (AvgIpc) is 3.30. The number of hydrogen-bond donors (Lipinski definition) is 0. The minimum Gasteiger partial charge on any atom is -0.493 e. The molecule has 2 aromatic heterocycles.